The predicted molar refractivity (Wildman–Crippen MR) is 288 cm³/mol. The SMILES string of the molecule is CC/C=C\C/C=C\C/C=C\C/C=C\CCCCC(=O)OCC(COC(=O)CCCCCCCCC/C=C\C/C=C\C/C=C\CC)OC(=O)CCCCCCCCC/C=C\CCCCCCCC. The molecule has 0 aliphatic carbocycles. The van der Waals surface area contributed by atoms with E-state index < -0.39 is 6.10 Å². The molecule has 6 heteroatoms. The van der Waals surface area contributed by atoms with Crippen LogP contribution in [-0.2, 0) is 28.6 Å². The van der Waals surface area contributed by atoms with Gasteiger partial charge in [0.05, 0.1) is 0 Å². The zero-order chi connectivity index (χ0) is 48.6. The first-order valence-electron chi connectivity index (χ1n) is 27.7. The summed E-state index contributed by atoms with van der Waals surface area (Å²) in [6.45, 7) is 6.37. The topological polar surface area (TPSA) is 78.9 Å². The number of ether oxygens (including phenoxy) is 3. The highest BCUT2D eigenvalue weighted by atomic mass is 16.6. The quantitative estimate of drug-likeness (QED) is 0.0262. The van der Waals surface area contributed by atoms with E-state index >= 15 is 0 Å². The standard InChI is InChI=1S/C61H102O6/c1-4-7-10-13-16-19-22-25-28-30-33-36-39-42-45-48-51-54-60(63)66-57-58(56-65-59(62)53-50-47-44-41-38-35-32-27-24-21-18-15-12-9-6-3)67-61(64)55-52-49-46-43-40-37-34-31-29-26-23-20-17-14-11-8-5-2/h7,9-10,12,16,18-19,21,25-29,32,38,41,58H,4-6,8,11,13-15,17,20,22-24,30-31,33-37,39-40,42-57H2,1-3H3/b10-7-,12-9-,19-16-,21-18-,28-25-,29-26-,32-27-,41-38-. The van der Waals surface area contributed by atoms with Crippen LogP contribution in [0.1, 0.15) is 252 Å². The Labute approximate surface area is 413 Å². The van der Waals surface area contributed by atoms with E-state index in [2.05, 4.69) is 118 Å². The molecule has 1 atom stereocenters. The van der Waals surface area contributed by atoms with Gasteiger partial charge in [0.1, 0.15) is 13.2 Å². The van der Waals surface area contributed by atoms with Gasteiger partial charge in [0.15, 0.2) is 6.10 Å². The summed E-state index contributed by atoms with van der Waals surface area (Å²) < 4.78 is 16.8. The van der Waals surface area contributed by atoms with Crippen molar-refractivity contribution in [1.82, 2.24) is 0 Å². The minimum absolute atomic E-state index is 0.0983. The molecule has 0 aromatic heterocycles. The zero-order valence-corrected chi connectivity index (χ0v) is 43.6. The third kappa shape index (κ3) is 53.2. The lowest BCUT2D eigenvalue weighted by atomic mass is 10.1. The fraction of sp³-hybridized carbons (Fsp3) is 0.689. The van der Waals surface area contributed by atoms with Crippen LogP contribution in [0.3, 0.4) is 0 Å². The minimum atomic E-state index is -0.802. The summed E-state index contributed by atoms with van der Waals surface area (Å²) in [5, 5.41) is 0. The third-order valence-corrected chi connectivity index (χ3v) is 11.6. The van der Waals surface area contributed by atoms with Crippen LogP contribution >= 0.6 is 0 Å². The monoisotopic (exact) mass is 931 g/mol. The lowest BCUT2D eigenvalue weighted by Gasteiger charge is -2.18. The number of hydrogen-bond donors (Lipinski definition) is 0. The lowest BCUT2D eigenvalue weighted by Crippen LogP contribution is -2.30. The molecule has 0 aliphatic heterocycles. The van der Waals surface area contributed by atoms with E-state index in [1.54, 1.807) is 0 Å². The van der Waals surface area contributed by atoms with Gasteiger partial charge in [-0.2, -0.15) is 0 Å². The van der Waals surface area contributed by atoms with Crippen LogP contribution in [0.4, 0.5) is 0 Å². The van der Waals surface area contributed by atoms with E-state index in [4.69, 9.17) is 14.2 Å². The van der Waals surface area contributed by atoms with Gasteiger partial charge in [-0.05, 0) is 116 Å². The molecular weight excluding hydrogens is 829 g/mol. The van der Waals surface area contributed by atoms with Crippen molar-refractivity contribution in [1.29, 1.82) is 0 Å². The van der Waals surface area contributed by atoms with Gasteiger partial charge in [-0.3, -0.25) is 14.4 Å². The van der Waals surface area contributed by atoms with Crippen molar-refractivity contribution in [3.05, 3.63) is 97.2 Å². The maximum Gasteiger partial charge on any atom is 0.306 e. The van der Waals surface area contributed by atoms with Crippen molar-refractivity contribution in [2.75, 3.05) is 13.2 Å². The Morgan fingerprint density at radius 2 is 0.582 bits per heavy atom. The number of allylic oxidation sites excluding steroid dienone is 16. The normalized spacial score (nSPS) is 12.8. The molecule has 0 aromatic rings. The second-order valence-corrected chi connectivity index (χ2v) is 18.1. The van der Waals surface area contributed by atoms with Crippen LogP contribution in [0.2, 0.25) is 0 Å². The summed E-state index contributed by atoms with van der Waals surface area (Å²) in [6, 6.07) is 0. The molecule has 0 fully saturated rings. The number of hydrogen-bond acceptors (Lipinski definition) is 6. The fourth-order valence-electron chi connectivity index (χ4n) is 7.44. The first-order valence-corrected chi connectivity index (χ1v) is 27.7. The van der Waals surface area contributed by atoms with Crippen molar-refractivity contribution in [2.45, 2.75) is 258 Å². The van der Waals surface area contributed by atoms with Gasteiger partial charge in [0.2, 0.25) is 0 Å². The summed E-state index contributed by atoms with van der Waals surface area (Å²) in [4.78, 5) is 38.1. The minimum Gasteiger partial charge on any atom is -0.462 e. The van der Waals surface area contributed by atoms with Crippen molar-refractivity contribution in [3.8, 4) is 0 Å². The van der Waals surface area contributed by atoms with Crippen LogP contribution in [0.5, 0.6) is 0 Å². The predicted octanol–water partition coefficient (Wildman–Crippen LogP) is 18.5. The van der Waals surface area contributed by atoms with E-state index in [0.717, 1.165) is 109 Å². The molecule has 0 spiro atoms. The van der Waals surface area contributed by atoms with E-state index in [9.17, 15) is 14.4 Å². The molecule has 0 saturated heterocycles. The first kappa shape index (κ1) is 63.3. The molecule has 0 aromatic carbocycles. The highest BCUT2D eigenvalue weighted by Crippen LogP contribution is 2.14. The van der Waals surface area contributed by atoms with Gasteiger partial charge in [-0.15, -0.1) is 0 Å². The Balaban J connectivity index is 4.47. The molecule has 6 nitrogen and oxygen atoms in total. The Morgan fingerprint density at radius 1 is 0.313 bits per heavy atom. The summed E-state index contributed by atoms with van der Waals surface area (Å²) in [6.07, 6.45) is 72.5. The highest BCUT2D eigenvalue weighted by Gasteiger charge is 2.19. The van der Waals surface area contributed by atoms with Crippen LogP contribution in [0, 0.1) is 0 Å². The Bertz CT molecular complexity index is 1350. The van der Waals surface area contributed by atoms with E-state index in [1.807, 2.05) is 0 Å². The molecule has 0 rings (SSSR count). The largest absolute Gasteiger partial charge is 0.462 e. The number of esters is 3. The molecule has 0 amide bonds. The highest BCUT2D eigenvalue weighted by molar-refractivity contribution is 5.71. The van der Waals surface area contributed by atoms with Crippen molar-refractivity contribution < 1.29 is 28.6 Å². The third-order valence-electron chi connectivity index (χ3n) is 11.6. The van der Waals surface area contributed by atoms with Gasteiger partial charge in [0.25, 0.3) is 0 Å². The molecule has 67 heavy (non-hydrogen) atoms. The number of carbonyl (C=O) groups is 3. The van der Waals surface area contributed by atoms with Crippen LogP contribution < -0.4 is 0 Å². The van der Waals surface area contributed by atoms with Crippen LogP contribution in [0.15, 0.2) is 97.2 Å². The molecule has 0 radical (unpaired) electrons. The Morgan fingerprint density at radius 3 is 0.955 bits per heavy atom. The van der Waals surface area contributed by atoms with E-state index in [1.165, 1.54) is 103 Å². The number of carbonyl (C=O) groups excluding carboxylic acids is 3. The molecule has 0 N–H and O–H groups in total. The molecule has 1 unspecified atom stereocenters. The molecule has 0 bridgehead atoms. The van der Waals surface area contributed by atoms with E-state index in [0.29, 0.717) is 19.3 Å². The van der Waals surface area contributed by atoms with Gasteiger partial charge >= 0.3 is 17.9 Å². The zero-order valence-electron chi connectivity index (χ0n) is 43.6. The average molecular weight is 931 g/mol. The van der Waals surface area contributed by atoms with Crippen molar-refractivity contribution in [3.63, 3.8) is 0 Å². The number of unbranched alkanes of at least 4 members (excludes halogenated alkanes) is 22. The Kier molecular flexibility index (Phi) is 51.9. The Hall–Kier alpha value is -3.67. The molecule has 0 heterocycles. The van der Waals surface area contributed by atoms with Crippen molar-refractivity contribution in [2.24, 2.45) is 0 Å². The van der Waals surface area contributed by atoms with Crippen molar-refractivity contribution >= 4 is 17.9 Å². The second kappa shape index (κ2) is 54.9. The van der Waals surface area contributed by atoms with Gasteiger partial charge < -0.3 is 14.2 Å². The maximum absolute atomic E-state index is 12.8. The van der Waals surface area contributed by atoms with Gasteiger partial charge in [0, 0.05) is 19.3 Å². The number of rotatable bonds is 49. The lowest BCUT2D eigenvalue weighted by molar-refractivity contribution is -0.167. The molecule has 382 valence electrons. The smallest absolute Gasteiger partial charge is 0.306 e. The summed E-state index contributed by atoms with van der Waals surface area (Å²) >= 11 is 0. The van der Waals surface area contributed by atoms with Gasteiger partial charge in [-0.1, -0.05) is 214 Å². The fourth-order valence-corrected chi connectivity index (χ4v) is 7.44. The second-order valence-electron chi connectivity index (χ2n) is 18.1. The van der Waals surface area contributed by atoms with Crippen LogP contribution in [-0.4, -0.2) is 37.2 Å². The average Bonchev–Trinajstić information content (AvgIpc) is 3.33. The molecule has 0 aliphatic rings. The van der Waals surface area contributed by atoms with Crippen LogP contribution in [0.25, 0.3) is 0 Å². The summed E-state index contributed by atoms with van der Waals surface area (Å²) in [7, 11) is 0. The molecule has 0 saturated carbocycles. The molecular formula is C61H102O6. The first-order chi connectivity index (χ1) is 33.0. The maximum atomic E-state index is 12.8. The van der Waals surface area contributed by atoms with Gasteiger partial charge in [-0.25, -0.2) is 0 Å². The van der Waals surface area contributed by atoms with E-state index in [-0.39, 0.29) is 31.1 Å². The summed E-state index contributed by atoms with van der Waals surface area (Å²) in [5.41, 5.74) is 0. The summed E-state index contributed by atoms with van der Waals surface area (Å²) in [5.74, 6) is -0.953.